The molecule has 0 aliphatic carbocycles. The second kappa shape index (κ2) is 6.19. The molecule has 4 rings (SSSR count). The Hall–Kier alpha value is -1.33. The lowest BCUT2D eigenvalue weighted by molar-refractivity contribution is -0.138. The fourth-order valence-electron chi connectivity index (χ4n) is 4.99. The summed E-state index contributed by atoms with van der Waals surface area (Å²) < 4.78 is 5.48. The Morgan fingerprint density at radius 1 is 1.33 bits per heavy atom. The van der Waals surface area contributed by atoms with Crippen molar-refractivity contribution < 1.29 is 14.3 Å². The van der Waals surface area contributed by atoms with Gasteiger partial charge in [0.1, 0.15) is 11.4 Å². The first-order chi connectivity index (χ1) is 11.5. The zero-order chi connectivity index (χ0) is 16.7. The molecule has 5 heteroatoms. The van der Waals surface area contributed by atoms with E-state index in [2.05, 4.69) is 11.8 Å². The van der Waals surface area contributed by atoms with Crippen LogP contribution in [0.2, 0.25) is 0 Å². The maximum Gasteiger partial charge on any atom is 0.236 e. The number of furan rings is 1. The molecule has 2 bridgehead atoms. The fraction of sp³-hybridized carbons (Fsp3) is 0.737. The number of fused-ring (bicyclic) bond motifs is 2. The van der Waals surface area contributed by atoms with E-state index in [1.807, 2.05) is 17.0 Å². The third-order valence-electron chi connectivity index (χ3n) is 6.23. The van der Waals surface area contributed by atoms with Crippen LogP contribution in [-0.2, 0) is 10.4 Å². The summed E-state index contributed by atoms with van der Waals surface area (Å²) in [5.41, 5.74) is -0.867. The summed E-state index contributed by atoms with van der Waals surface area (Å²) >= 11 is 0. The standard InChI is InChI=1S/C19H28N2O3/c1-14-4-2-8-20(12-14)18(22)13-21-15-6-7-16(21)11-19(23,10-15)17-5-3-9-24-17/h3,5,9,14-16,23H,2,4,6-8,10-13H2,1H3/t14-,15-,16-/m0/s1. The van der Waals surface area contributed by atoms with Crippen molar-refractivity contribution in [2.24, 2.45) is 5.92 Å². The Bertz CT molecular complexity index is 571. The van der Waals surface area contributed by atoms with Gasteiger partial charge in [0.05, 0.1) is 12.8 Å². The number of hydrogen-bond acceptors (Lipinski definition) is 4. The number of nitrogens with zero attached hydrogens (tertiary/aromatic N) is 2. The second-order valence-corrected chi connectivity index (χ2v) is 8.06. The molecule has 1 aromatic rings. The van der Waals surface area contributed by atoms with Crippen LogP contribution >= 0.6 is 0 Å². The number of hydrogen-bond donors (Lipinski definition) is 1. The Morgan fingerprint density at radius 2 is 2.08 bits per heavy atom. The van der Waals surface area contributed by atoms with E-state index in [4.69, 9.17) is 4.42 Å². The van der Waals surface area contributed by atoms with Gasteiger partial charge in [0.15, 0.2) is 0 Å². The third kappa shape index (κ3) is 2.88. The van der Waals surface area contributed by atoms with Crippen LogP contribution in [0.3, 0.4) is 0 Å². The highest BCUT2D eigenvalue weighted by Crippen LogP contribution is 2.45. The highest BCUT2D eigenvalue weighted by atomic mass is 16.4. The lowest BCUT2D eigenvalue weighted by Crippen LogP contribution is -2.53. The predicted molar refractivity (Wildman–Crippen MR) is 90.3 cm³/mol. The van der Waals surface area contributed by atoms with Crippen molar-refractivity contribution in [2.75, 3.05) is 19.6 Å². The minimum Gasteiger partial charge on any atom is -0.466 e. The largest absolute Gasteiger partial charge is 0.466 e. The molecule has 1 N–H and O–H groups in total. The first kappa shape index (κ1) is 16.2. The van der Waals surface area contributed by atoms with E-state index in [1.165, 1.54) is 6.42 Å². The lowest BCUT2D eigenvalue weighted by Gasteiger charge is -2.43. The molecule has 0 aromatic carbocycles. The van der Waals surface area contributed by atoms with Gasteiger partial charge >= 0.3 is 0 Å². The summed E-state index contributed by atoms with van der Waals surface area (Å²) in [6.07, 6.45) is 7.45. The van der Waals surface area contributed by atoms with Crippen LogP contribution in [0, 0.1) is 5.92 Å². The molecule has 0 unspecified atom stereocenters. The molecule has 1 aromatic heterocycles. The first-order valence-electron chi connectivity index (χ1n) is 9.35. The molecule has 3 aliphatic rings. The lowest BCUT2D eigenvalue weighted by atomic mass is 9.84. The molecule has 0 radical (unpaired) electrons. The number of aliphatic hydroxyl groups is 1. The molecule has 3 fully saturated rings. The first-order valence-corrected chi connectivity index (χ1v) is 9.35. The van der Waals surface area contributed by atoms with E-state index in [9.17, 15) is 9.90 Å². The molecule has 5 nitrogen and oxygen atoms in total. The van der Waals surface area contributed by atoms with Gasteiger partial charge in [0, 0.05) is 25.2 Å². The maximum absolute atomic E-state index is 12.7. The Morgan fingerprint density at radius 3 is 2.71 bits per heavy atom. The normalized spacial score (nSPS) is 36.9. The van der Waals surface area contributed by atoms with Crippen LogP contribution in [0.1, 0.15) is 51.2 Å². The summed E-state index contributed by atoms with van der Waals surface area (Å²) in [6.45, 7) is 4.55. The van der Waals surface area contributed by atoms with Crippen molar-refractivity contribution >= 4 is 5.91 Å². The van der Waals surface area contributed by atoms with E-state index >= 15 is 0 Å². The molecule has 0 spiro atoms. The molecular formula is C19H28N2O3. The average molecular weight is 332 g/mol. The summed E-state index contributed by atoms with van der Waals surface area (Å²) in [7, 11) is 0. The number of piperidine rings is 2. The van der Waals surface area contributed by atoms with Gasteiger partial charge in [-0.05, 0) is 56.6 Å². The summed E-state index contributed by atoms with van der Waals surface area (Å²) in [5, 5.41) is 11.0. The van der Waals surface area contributed by atoms with E-state index in [1.54, 1.807) is 6.26 Å². The van der Waals surface area contributed by atoms with Gasteiger partial charge in [-0.2, -0.15) is 0 Å². The van der Waals surface area contributed by atoms with E-state index in [0.29, 0.717) is 31.1 Å². The van der Waals surface area contributed by atoms with Gasteiger partial charge < -0.3 is 14.4 Å². The number of rotatable bonds is 3. The highest BCUT2D eigenvalue weighted by Gasteiger charge is 2.50. The minimum atomic E-state index is -0.867. The highest BCUT2D eigenvalue weighted by molar-refractivity contribution is 5.78. The van der Waals surface area contributed by atoms with Crippen molar-refractivity contribution in [2.45, 2.75) is 63.1 Å². The molecule has 3 saturated heterocycles. The molecule has 24 heavy (non-hydrogen) atoms. The van der Waals surface area contributed by atoms with Crippen LogP contribution in [-0.4, -0.2) is 52.5 Å². The van der Waals surface area contributed by atoms with Gasteiger partial charge in [0.25, 0.3) is 0 Å². The Balaban J connectivity index is 1.42. The number of carbonyl (C=O) groups is 1. The molecule has 4 heterocycles. The maximum atomic E-state index is 12.7. The second-order valence-electron chi connectivity index (χ2n) is 8.06. The van der Waals surface area contributed by atoms with Crippen molar-refractivity contribution in [3.8, 4) is 0 Å². The molecule has 3 atom stereocenters. The molecule has 132 valence electrons. The third-order valence-corrected chi connectivity index (χ3v) is 6.23. The van der Waals surface area contributed by atoms with Gasteiger partial charge in [0.2, 0.25) is 5.91 Å². The van der Waals surface area contributed by atoms with Gasteiger partial charge in [-0.15, -0.1) is 0 Å². The summed E-state index contributed by atoms with van der Waals surface area (Å²) in [5.74, 6) is 1.56. The molecule has 0 saturated carbocycles. The van der Waals surface area contributed by atoms with Crippen molar-refractivity contribution in [3.05, 3.63) is 24.2 Å². The van der Waals surface area contributed by atoms with Crippen molar-refractivity contribution in [3.63, 3.8) is 0 Å². The predicted octanol–water partition coefficient (Wildman–Crippen LogP) is 2.35. The van der Waals surface area contributed by atoms with Crippen LogP contribution in [0.15, 0.2) is 22.8 Å². The quantitative estimate of drug-likeness (QED) is 0.923. The molecular weight excluding hydrogens is 304 g/mol. The van der Waals surface area contributed by atoms with Crippen LogP contribution in [0.4, 0.5) is 0 Å². The number of likely N-dealkylation sites (tertiary alicyclic amines) is 1. The van der Waals surface area contributed by atoms with E-state index < -0.39 is 5.60 Å². The topological polar surface area (TPSA) is 56.9 Å². The van der Waals surface area contributed by atoms with Gasteiger partial charge in [-0.25, -0.2) is 0 Å². The average Bonchev–Trinajstić information content (AvgIpc) is 3.17. The number of carbonyl (C=O) groups excluding carboxylic acids is 1. The summed E-state index contributed by atoms with van der Waals surface area (Å²) in [4.78, 5) is 17.1. The monoisotopic (exact) mass is 332 g/mol. The SMILES string of the molecule is C[C@H]1CCCN(C(=O)CN2[C@H]3CC[C@H]2CC(O)(c2ccco2)C3)C1. The molecule has 1 amide bonds. The van der Waals surface area contributed by atoms with Gasteiger partial charge in [-0.1, -0.05) is 6.92 Å². The zero-order valence-electron chi connectivity index (χ0n) is 14.5. The van der Waals surface area contributed by atoms with Crippen LogP contribution in [0.25, 0.3) is 0 Å². The fourth-order valence-corrected chi connectivity index (χ4v) is 4.99. The Kier molecular flexibility index (Phi) is 4.17. The van der Waals surface area contributed by atoms with Crippen molar-refractivity contribution in [1.29, 1.82) is 0 Å². The Labute approximate surface area is 143 Å². The van der Waals surface area contributed by atoms with Crippen molar-refractivity contribution in [1.82, 2.24) is 9.80 Å². The van der Waals surface area contributed by atoms with E-state index in [-0.39, 0.29) is 18.0 Å². The molecule has 3 aliphatic heterocycles. The number of amides is 1. The van der Waals surface area contributed by atoms with Crippen LogP contribution < -0.4 is 0 Å². The van der Waals surface area contributed by atoms with E-state index in [0.717, 1.165) is 32.4 Å². The summed E-state index contributed by atoms with van der Waals surface area (Å²) in [6, 6.07) is 4.27. The van der Waals surface area contributed by atoms with Crippen LogP contribution in [0.5, 0.6) is 0 Å². The zero-order valence-corrected chi connectivity index (χ0v) is 14.5. The smallest absolute Gasteiger partial charge is 0.236 e. The van der Waals surface area contributed by atoms with Gasteiger partial charge in [-0.3, -0.25) is 9.69 Å². The minimum absolute atomic E-state index is 0.266.